The van der Waals surface area contributed by atoms with Crippen molar-refractivity contribution in [2.24, 2.45) is 0 Å². The molecule has 1 aromatic rings. The van der Waals surface area contributed by atoms with Gasteiger partial charge in [-0.05, 0) is 31.0 Å². The van der Waals surface area contributed by atoms with Crippen LogP contribution in [0.15, 0.2) is 18.2 Å². The van der Waals surface area contributed by atoms with Crippen LogP contribution in [-0.2, 0) is 0 Å². The zero-order chi connectivity index (χ0) is 13.9. The Balaban J connectivity index is 2.12. The van der Waals surface area contributed by atoms with E-state index in [4.69, 9.17) is 0 Å². The third-order valence-corrected chi connectivity index (χ3v) is 3.73. The smallest absolute Gasteiger partial charge is 0.251 e. The van der Waals surface area contributed by atoms with Crippen LogP contribution in [0.2, 0.25) is 0 Å². The number of aliphatic hydroxyl groups excluding tert-OH is 1. The summed E-state index contributed by atoms with van der Waals surface area (Å²) >= 11 is 0. The Morgan fingerprint density at radius 2 is 1.84 bits per heavy atom. The summed E-state index contributed by atoms with van der Waals surface area (Å²) in [6.07, 6.45) is 4.62. The minimum Gasteiger partial charge on any atom is -0.504 e. The molecule has 104 valence electrons. The van der Waals surface area contributed by atoms with Crippen molar-refractivity contribution in [3.8, 4) is 11.5 Å². The predicted molar refractivity (Wildman–Crippen MR) is 70.1 cm³/mol. The summed E-state index contributed by atoms with van der Waals surface area (Å²) in [6.45, 7) is -0.0805. The maximum Gasteiger partial charge on any atom is 0.251 e. The van der Waals surface area contributed by atoms with Crippen LogP contribution in [0.3, 0.4) is 0 Å². The van der Waals surface area contributed by atoms with Crippen LogP contribution >= 0.6 is 0 Å². The van der Waals surface area contributed by atoms with Crippen LogP contribution in [0.1, 0.15) is 42.5 Å². The van der Waals surface area contributed by atoms with Crippen LogP contribution in [0.25, 0.3) is 0 Å². The van der Waals surface area contributed by atoms with Crippen LogP contribution in [0.4, 0.5) is 0 Å². The van der Waals surface area contributed by atoms with Crippen molar-refractivity contribution < 1.29 is 20.1 Å². The average molecular weight is 265 g/mol. The summed E-state index contributed by atoms with van der Waals surface area (Å²) in [5, 5.41) is 31.0. The molecule has 19 heavy (non-hydrogen) atoms. The highest BCUT2D eigenvalue weighted by Gasteiger charge is 2.33. The fraction of sp³-hybridized carbons (Fsp3) is 0.500. The Morgan fingerprint density at radius 3 is 2.42 bits per heavy atom. The molecule has 0 unspecified atom stereocenters. The molecular formula is C14H19NO4. The van der Waals surface area contributed by atoms with Crippen molar-refractivity contribution >= 4 is 5.91 Å². The van der Waals surface area contributed by atoms with Gasteiger partial charge in [0, 0.05) is 5.56 Å². The largest absolute Gasteiger partial charge is 0.504 e. The zero-order valence-electron chi connectivity index (χ0n) is 10.7. The Bertz CT molecular complexity index is 467. The molecular weight excluding hydrogens is 246 g/mol. The van der Waals surface area contributed by atoms with Crippen LogP contribution < -0.4 is 5.32 Å². The molecule has 1 aliphatic carbocycles. The molecule has 0 heterocycles. The summed E-state index contributed by atoms with van der Waals surface area (Å²) in [5.41, 5.74) is -0.281. The number of aromatic hydroxyl groups is 2. The Hall–Kier alpha value is -1.75. The second-order valence-electron chi connectivity index (χ2n) is 5.16. The molecule has 1 fully saturated rings. The minimum atomic E-state index is -0.553. The van der Waals surface area contributed by atoms with Gasteiger partial charge in [-0.2, -0.15) is 0 Å². The molecule has 0 spiro atoms. The first-order valence-electron chi connectivity index (χ1n) is 6.52. The maximum absolute atomic E-state index is 12.1. The molecule has 4 N–H and O–H groups in total. The van der Waals surface area contributed by atoms with Crippen molar-refractivity contribution in [1.82, 2.24) is 5.32 Å². The summed E-state index contributed by atoms with van der Waals surface area (Å²) in [7, 11) is 0. The molecule has 0 bridgehead atoms. The fourth-order valence-electron chi connectivity index (χ4n) is 2.53. The fourth-order valence-corrected chi connectivity index (χ4v) is 2.53. The third-order valence-electron chi connectivity index (χ3n) is 3.73. The topological polar surface area (TPSA) is 89.8 Å². The van der Waals surface area contributed by atoms with E-state index in [1.807, 2.05) is 0 Å². The first-order valence-corrected chi connectivity index (χ1v) is 6.52. The van der Waals surface area contributed by atoms with E-state index < -0.39 is 5.54 Å². The van der Waals surface area contributed by atoms with E-state index >= 15 is 0 Å². The van der Waals surface area contributed by atoms with Crippen LogP contribution in [-0.4, -0.2) is 33.4 Å². The summed E-state index contributed by atoms with van der Waals surface area (Å²) in [5.74, 6) is -0.924. The highest BCUT2D eigenvalue weighted by atomic mass is 16.3. The van der Waals surface area contributed by atoms with E-state index in [-0.39, 0.29) is 29.6 Å². The first-order chi connectivity index (χ1) is 9.06. The van der Waals surface area contributed by atoms with Crippen molar-refractivity contribution in [3.05, 3.63) is 23.8 Å². The van der Waals surface area contributed by atoms with Gasteiger partial charge in [0.1, 0.15) is 0 Å². The lowest BCUT2D eigenvalue weighted by Gasteiger charge is -2.36. The van der Waals surface area contributed by atoms with Gasteiger partial charge in [0.25, 0.3) is 5.91 Å². The van der Waals surface area contributed by atoms with E-state index in [0.717, 1.165) is 32.1 Å². The molecule has 5 nitrogen and oxygen atoms in total. The molecule has 0 radical (unpaired) electrons. The maximum atomic E-state index is 12.1. The van der Waals surface area contributed by atoms with Gasteiger partial charge in [-0.3, -0.25) is 4.79 Å². The highest BCUT2D eigenvalue weighted by molar-refractivity contribution is 5.95. The quantitative estimate of drug-likeness (QED) is 0.624. The Morgan fingerprint density at radius 1 is 1.16 bits per heavy atom. The van der Waals surface area contributed by atoms with Crippen molar-refractivity contribution in [2.45, 2.75) is 37.6 Å². The summed E-state index contributed by atoms with van der Waals surface area (Å²) in [6, 6.07) is 3.94. The summed E-state index contributed by atoms with van der Waals surface area (Å²) < 4.78 is 0. The summed E-state index contributed by atoms with van der Waals surface area (Å²) in [4.78, 5) is 12.1. The number of phenolic OH excluding ortho intramolecular Hbond substituents is 2. The molecule has 1 amide bonds. The normalized spacial score (nSPS) is 17.9. The number of phenols is 2. The van der Waals surface area contributed by atoms with Gasteiger partial charge in [0.2, 0.25) is 0 Å². The average Bonchev–Trinajstić information content (AvgIpc) is 2.43. The molecule has 0 atom stereocenters. The predicted octanol–water partition coefficient (Wildman–Crippen LogP) is 1.52. The molecule has 0 aliphatic heterocycles. The van der Waals surface area contributed by atoms with E-state index in [9.17, 15) is 20.1 Å². The monoisotopic (exact) mass is 265 g/mol. The van der Waals surface area contributed by atoms with Gasteiger partial charge in [-0.1, -0.05) is 19.3 Å². The molecule has 5 heteroatoms. The second kappa shape index (κ2) is 5.48. The van der Waals surface area contributed by atoms with Crippen LogP contribution in [0.5, 0.6) is 11.5 Å². The van der Waals surface area contributed by atoms with Gasteiger partial charge in [0.05, 0.1) is 12.1 Å². The number of hydrogen-bond donors (Lipinski definition) is 4. The van der Waals surface area contributed by atoms with Crippen molar-refractivity contribution in [3.63, 3.8) is 0 Å². The third kappa shape index (κ3) is 2.98. The SMILES string of the molecule is O=C(NC1(CO)CCCCC1)c1ccc(O)c(O)c1. The molecule has 1 aromatic carbocycles. The van der Waals surface area contributed by atoms with Crippen molar-refractivity contribution in [1.29, 1.82) is 0 Å². The lowest BCUT2D eigenvalue weighted by atomic mass is 9.82. The molecule has 0 aromatic heterocycles. The van der Waals surface area contributed by atoms with Crippen molar-refractivity contribution in [2.75, 3.05) is 6.61 Å². The van der Waals surface area contributed by atoms with Gasteiger partial charge in [0.15, 0.2) is 11.5 Å². The number of hydrogen-bond acceptors (Lipinski definition) is 4. The first kappa shape index (κ1) is 13.7. The number of carbonyl (C=O) groups excluding carboxylic acids is 1. The number of amides is 1. The van der Waals surface area contributed by atoms with Gasteiger partial charge in [-0.15, -0.1) is 0 Å². The van der Waals surface area contributed by atoms with E-state index in [1.54, 1.807) is 0 Å². The second-order valence-corrected chi connectivity index (χ2v) is 5.16. The van der Waals surface area contributed by atoms with Gasteiger partial charge < -0.3 is 20.6 Å². The minimum absolute atomic E-state index is 0.0805. The Kier molecular flexibility index (Phi) is 3.95. The number of benzene rings is 1. The van der Waals surface area contributed by atoms with E-state index in [1.165, 1.54) is 18.2 Å². The van der Waals surface area contributed by atoms with Gasteiger partial charge >= 0.3 is 0 Å². The lowest BCUT2D eigenvalue weighted by molar-refractivity contribution is 0.0758. The van der Waals surface area contributed by atoms with E-state index in [2.05, 4.69) is 5.32 Å². The molecule has 2 rings (SSSR count). The molecule has 1 aliphatic rings. The number of aliphatic hydroxyl groups is 1. The number of carbonyl (C=O) groups is 1. The molecule has 1 saturated carbocycles. The van der Waals surface area contributed by atoms with E-state index in [0.29, 0.717) is 0 Å². The zero-order valence-corrected chi connectivity index (χ0v) is 10.7. The van der Waals surface area contributed by atoms with Gasteiger partial charge in [-0.25, -0.2) is 0 Å². The highest BCUT2D eigenvalue weighted by Crippen LogP contribution is 2.29. The molecule has 0 saturated heterocycles. The lowest BCUT2D eigenvalue weighted by Crippen LogP contribution is -2.52. The number of rotatable bonds is 3. The Labute approximate surface area is 111 Å². The standard InChI is InChI=1S/C14H19NO4/c16-9-14(6-2-1-3-7-14)15-13(19)10-4-5-11(17)12(18)8-10/h4-5,8,16-18H,1-3,6-7,9H2,(H,15,19). The van der Waals surface area contributed by atoms with Crippen LogP contribution in [0, 0.1) is 0 Å². The number of nitrogens with one attached hydrogen (secondary N) is 1.